The molecule has 110 valence electrons. The Kier molecular flexibility index (Phi) is 5.37. The van der Waals surface area contributed by atoms with Gasteiger partial charge in [-0.15, -0.1) is 0 Å². The van der Waals surface area contributed by atoms with Crippen LogP contribution in [-0.2, 0) is 4.79 Å². The molecule has 2 rings (SSSR count). The normalized spacial score (nSPS) is 12.8. The van der Waals surface area contributed by atoms with Gasteiger partial charge in [-0.25, -0.2) is 0 Å². The summed E-state index contributed by atoms with van der Waals surface area (Å²) in [5, 5.41) is 21.9. The zero-order valence-electron chi connectivity index (χ0n) is 11.7. The van der Waals surface area contributed by atoms with Gasteiger partial charge in [-0.3, -0.25) is 0 Å². The Morgan fingerprint density at radius 3 is 2.81 bits per heavy atom. The van der Waals surface area contributed by atoms with Crippen LogP contribution >= 0.6 is 0 Å². The second kappa shape index (κ2) is 7.25. The van der Waals surface area contributed by atoms with E-state index in [1.165, 1.54) is 6.21 Å². The average Bonchev–Trinajstić information content (AvgIpc) is 2.48. The number of hydrogen-bond donors (Lipinski definition) is 2. The molecule has 0 spiro atoms. The average molecular weight is 350 g/mol. The molecule has 2 N–H and O–H groups in total. The minimum atomic E-state index is -0.921. The number of hydrogen-bond acceptors (Lipinski definition) is 3. The van der Waals surface area contributed by atoms with Crippen LogP contribution < -0.4 is 0 Å². The van der Waals surface area contributed by atoms with E-state index in [9.17, 15) is 15.0 Å². The fraction of sp³-hybridized carbons (Fsp3) is 0.250. The van der Waals surface area contributed by atoms with E-state index in [0.29, 0.717) is 26.9 Å². The van der Waals surface area contributed by atoms with Crippen molar-refractivity contribution in [2.75, 3.05) is 0 Å². The zero-order valence-corrected chi connectivity index (χ0v) is 13.4. The van der Waals surface area contributed by atoms with Gasteiger partial charge in [-0.1, -0.05) is 0 Å². The van der Waals surface area contributed by atoms with E-state index in [-0.39, 0.29) is 5.75 Å². The Bertz CT molecular complexity index is 670. The fourth-order valence-electron chi connectivity index (χ4n) is 2.08. The van der Waals surface area contributed by atoms with Crippen molar-refractivity contribution in [2.24, 2.45) is 4.99 Å². The summed E-state index contributed by atoms with van der Waals surface area (Å²) in [6.45, 7) is 0. The van der Waals surface area contributed by atoms with Gasteiger partial charge in [-0.05, 0) is 0 Å². The summed E-state index contributed by atoms with van der Waals surface area (Å²) in [5.41, 5.74) is 0.571. The number of aliphatic carboxylic acids is 1. The van der Waals surface area contributed by atoms with Gasteiger partial charge in [0.05, 0.1) is 0 Å². The number of benzene rings is 2. The van der Waals surface area contributed by atoms with E-state index < -0.39 is 12.0 Å². The predicted octanol–water partition coefficient (Wildman–Crippen LogP) is 2.98. The molecule has 0 amide bonds. The Morgan fingerprint density at radius 2 is 2.10 bits per heavy atom. The van der Waals surface area contributed by atoms with Gasteiger partial charge in [0, 0.05) is 0 Å². The van der Waals surface area contributed by atoms with Gasteiger partial charge in [0.15, 0.2) is 0 Å². The summed E-state index contributed by atoms with van der Waals surface area (Å²) in [5.74, 6) is 1.27. The first kappa shape index (κ1) is 15.5. The molecule has 4 nitrogen and oxygen atoms in total. The standard InChI is InChI=1S/C16H17NO3Se/c1-21-9-8-14(16(19)20)17-10-13-12-5-3-2-4-11(12)6-7-15(13)18/h2-7,10,14,18H,8-9H2,1H3,(H,19,20). The van der Waals surface area contributed by atoms with Crippen molar-refractivity contribution < 1.29 is 15.0 Å². The summed E-state index contributed by atoms with van der Waals surface area (Å²) in [7, 11) is 0. The van der Waals surface area contributed by atoms with Crippen LogP contribution in [0.1, 0.15) is 12.0 Å². The third kappa shape index (κ3) is 3.84. The number of fused-ring (bicyclic) bond motifs is 1. The number of aromatic hydroxyl groups is 1. The number of carbonyl (C=O) groups is 1. The summed E-state index contributed by atoms with van der Waals surface area (Å²) in [4.78, 5) is 15.4. The Hall–Kier alpha value is -1.84. The molecule has 2 aromatic carbocycles. The summed E-state index contributed by atoms with van der Waals surface area (Å²) in [6, 6.07) is 10.3. The molecule has 0 aromatic heterocycles. The molecule has 21 heavy (non-hydrogen) atoms. The number of phenols is 1. The van der Waals surface area contributed by atoms with Crippen LogP contribution in [0.25, 0.3) is 10.8 Å². The number of aliphatic imine (C=N–C) groups is 1. The van der Waals surface area contributed by atoms with E-state index in [2.05, 4.69) is 10.8 Å². The summed E-state index contributed by atoms with van der Waals surface area (Å²) in [6.07, 6.45) is 2.02. The number of carboxylic acids is 1. The summed E-state index contributed by atoms with van der Waals surface area (Å²) < 4.78 is 0. The first-order chi connectivity index (χ1) is 10.1. The number of rotatable bonds is 6. The topological polar surface area (TPSA) is 69.9 Å². The Morgan fingerprint density at radius 1 is 1.33 bits per heavy atom. The molecule has 5 heteroatoms. The molecule has 0 heterocycles. The van der Waals surface area contributed by atoms with Crippen LogP contribution in [0.4, 0.5) is 0 Å². The molecule has 0 aliphatic rings. The zero-order chi connectivity index (χ0) is 15.2. The third-order valence-electron chi connectivity index (χ3n) is 3.21. The SMILES string of the molecule is C[Se]CCC(N=Cc1c(O)ccc2ccccc12)C(=O)O. The van der Waals surface area contributed by atoms with Crippen molar-refractivity contribution >= 4 is 37.9 Å². The molecular formula is C16H17NO3Se. The van der Waals surface area contributed by atoms with Gasteiger partial charge in [0.1, 0.15) is 0 Å². The molecule has 0 fully saturated rings. The van der Waals surface area contributed by atoms with Crippen molar-refractivity contribution in [3.05, 3.63) is 42.0 Å². The molecular weight excluding hydrogens is 333 g/mol. The van der Waals surface area contributed by atoms with Gasteiger partial charge in [-0.2, -0.15) is 0 Å². The van der Waals surface area contributed by atoms with Crippen molar-refractivity contribution in [3.63, 3.8) is 0 Å². The minimum absolute atomic E-state index is 0.112. The predicted molar refractivity (Wildman–Crippen MR) is 85.7 cm³/mol. The molecule has 0 aliphatic carbocycles. The van der Waals surface area contributed by atoms with Crippen LogP contribution in [-0.4, -0.2) is 43.4 Å². The maximum absolute atomic E-state index is 11.2. The monoisotopic (exact) mass is 351 g/mol. The molecule has 1 unspecified atom stereocenters. The van der Waals surface area contributed by atoms with Crippen LogP contribution in [0.3, 0.4) is 0 Å². The van der Waals surface area contributed by atoms with Crippen LogP contribution in [0.15, 0.2) is 41.4 Å². The van der Waals surface area contributed by atoms with Gasteiger partial charge >= 0.3 is 129 Å². The first-order valence-corrected chi connectivity index (χ1v) is 9.51. The Labute approximate surface area is 129 Å². The van der Waals surface area contributed by atoms with E-state index in [0.717, 1.165) is 16.1 Å². The summed E-state index contributed by atoms with van der Waals surface area (Å²) >= 11 is 0.435. The number of phenolic OH excluding ortho intramolecular Hbond substituents is 1. The van der Waals surface area contributed by atoms with E-state index >= 15 is 0 Å². The molecule has 0 aliphatic heterocycles. The number of carboxylic acid groups (broad SMARTS) is 1. The van der Waals surface area contributed by atoms with Gasteiger partial charge in [0.25, 0.3) is 0 Å². The van der Waals surface area contributed by atoms with Gasteiger partial charge in [0.2, 0.25) is 0 Å². The second-order valence-corrected chi connectivity index (χ2v) is 6.70. The molecule has 0 radical (unpaired) electrons. The molecule has 0 saturated heterocycles. The van der Waals surface area contributed by atoms with Crippen molar-refractivity contribution in [2.45, 2.75) is 23.6 Å². The van der Waals surface area contributed by atoms with Crippen LogP contribution in [0.2, 0.25) is 11.1 Å². The van der Waals surface area contributed by atoms with E-state index in [1.54, 1.807) is 6.07 Å². The van der Waals surface area contributed by atoms with Crippen LogP contribution in [0, 0.1) is 0 Å². The molecule has 0 saturated carbocycles. The quantitative estimate of drug-likeness (QED) is 0.622. The van der Waals surface area contributed by atoms with Crippen LogP contribution in [0.5, 0.6) is 5.75 Å². The molecule has 0 bridgehead atoms. The van der Waals surface area contributed by atoms with E-state index in [4.69, 9.17) is 0 Å². The number of nitrogens with zero attached hydrogens (tertiary/aromatic N) is 1. The second-order valence-electron chi connectivity index (χ2n) is 4.63. The maximum atomic E-state index is 11.2. The third-order valence-corrected chi connectivity index (χ3v) is 4.56. The van der Waals surface area contributed by atoms with E-state index in [1.807, 2.05) is 30.3 Å². The van der Waals surface area contributed by atoms with Crippen molar-refractivity contribution in [3.8, 4) is 5.75 Å². The molecule has 1 atom stereocenters. The van der Waals surface area contributed by atoms with Gasteiger partial charge < -0.3 is 0 Å². The first-order valence-electron chi connectivity index (χ1n) is 6.59. The van der Waals surface area contributed by atoms with Crippen molar-refractivity contribution in [1.29, 1.82) is 0 Å². The fourth-order valence-corrected chi connectivity index (χ4v) is 3.04. The molecule has 2 aromatic rings. The Balaban J connectivity index is 2.35. The van der Waals surface area contributed by atoms with Crippen molar-refractivity contribution in [1.82, 2.24) is 0 Å².